The zero-order chi connectivity index (χ0) is 33.8. The number of ether oxygens (including phenoxy) is 3. The van der Waals surface area contributed by atoms with E-state index in [2.05, 4.69) is 20.8 Å². The average Bonchev–Trinajstić information content (AvgIpc) is 3.58. The van der Waals surface area contributed by atoms with E-state index in [0.717, 1.165) is 36.7 Å². The Morgan fingerprint density at radius 3 is 2.43 bits per heavy atom. The molecule has 9 heteroatoms. The van der Waals surface area contributed by atoms with E-state index in [0.29, 0.717) is 25.7 Å². The SMILES string of the molecule is CC(=O)OC(C)(C)CC[C@H]1OB(c2ccccc2)O[C@]1(C)C1CC[C@@]2(O)C3=CC(=O)[C@@H]4C[C@H]5OC(C)(C)O[C@H]5C[C@]4(C)[C@H]3CC[C@]12C. The highest BCUT2D eigenvalue weighted by atomic mass is 16.8. The number of ketones is 1. The van der Waals surface area contributed by atoms with Gasteiger partial charge < -0.3 is 28.6 Å². The summed E-state index contributed by atoms with van der Waals surface area (Å²) in [7, 11) is -0.542. The summed E-state index contributed by atoms with van der Waals surface area (Å²) in [5, 5.41) is 13.0. The molecule has 1 N–H and O–H groups in total. The number of rotatable bonds is 6. The van der Waals surface area contributed by atoms with E-state index < -0.39 is 35.1 Å². The molecule has 3 saturated carbocycles. The minimum absolute atomic E-state index is 0.0267. The van der Waals surface area contributed by atoms with Gasteiger partial charge in [-0.3, -0.25) is 9.59 Å². The molecule has 4 aliphatic carbocycles. The molecule has 7 rings (SSSR count). The predicted molar refractivity (Wildman–Crippen MR) is 178 cm³/mol. The lowest BCUT2D eigenvalue weighted by molar-refractivity contribution is -0.156. The minimum atomic E-state index is -1.13. The van der Waals surface area contributed by atoms with Gasteiger partial charge in [0, 0.05) is 18.3 Å². The van der Waals surface area contributed by atoms with Crippen molar-refractivity contribution in [1.29, 1.82) is 0 Å². The van der Waals surface area contributed by atoms with Crippen LogP contribution >= 0.6 is 0 Å². The predicted octanol–water partition coefficient (Wildman–Crippen LogP) is 5.68. The largest absolute Gasteiger partial charge is 0.494 e. The van der Waals surface area contributed by atoms with Crippen molar-refractivity contribution in [2.45, 2.75) is 148 Å². The van der Waals surface area contributed by atoms with Gasteiger partial charge in [-0.05, 0) is 120 Å². The second-order valence-corrected chi connectivity index (χ2v) is 17.2. The number of aliphatic hydroxyl groups is 1. The molecule has 0 aromatic heterocycles. The molecule has 10 atom stereocenters. The van der Waals surface area contributed by atoms with Crippen molar-refractivity contribution >= 4 is 24.3 Å². The smallest absolute Gasteiger partial charge is 0.460 e. The van der Waals surface area contributed by atoms with Crippen LogP contribution in [0.4, 0.5) is 0 Å². The zero-order valence-corrected chi connectivity index (χ0v) is 29.5. The number of allylic oxidation sites excluding steroid dienone is 1. The average molecular weight is 649 g/mol. The molecular formula is C38H53BO8. The first-order chi connectivity index (χ1) is 21.9. The van der Waals surface area contributed by atoms with Crippen LogP contribution in [0.15, 0.2) is 42.0 Å². The van der Waals surface area contributed by atoms with Crippen molar-refractivity contribution in [3.63, 3.8) is 0 Å². The molecule has 8 nitrogen and oxygen atoms in total. The van der Waals surface area contributed by atoms with Crippen LogP contribution in [0.1, 0.15) is 107 Å². The Bertz CT molecular complexity index is 1460. The van der Waals surface area contributed by atoms with Crippen molar-refractivity contribution in [2.24, 2.45) is 28.6 Å². The Hall–Kier alpha value is -2.04. The Balaban J connectivity index is 1.20. The minimum Gasteiger partial charge on any atom is -0.460 e. The summed E-state index contributed by atoms with van der Waals surface area (Å²) in [6.07, 6.45) is 7.13. The van der Waals surface area contributed by atoms with Crippen LogP contribution in [0, 0.1) is 28.6 Å². The molecular weight excluding hydrogens is 595 g/mol. The molecule has 1 aromatic carbocycles. The number of esters is 1. The molecule has 0 amide bonds. The third-order valence-corrected chi connectivity index (χ3v) is 13.4. The molecule has 0 spiro atoms. The number of hydrogen-bond acceptors (Lipinski definition) is 8. The third kappa shape index (κ3) is 5.20. The normalized spacial score (nSPS) is 43.9. The fourth-order valence-electron chi connectivity index (χ4n) is 11.2. The van der Waals surface area contributed by atoms with Crippen molar-refractivity contribution in [3.05, 3.63) is 42.0 Å². The van der Waals surface area contributed by atoms with Gasteiger partial charge in [0.15, 0.2) is 11.6 Å². The molecule has 1 unspecified atom stereocenters. The van der Waals surface area contributed by atoms with Crippen molar-refractivity contribution < 1.29 is 38.2 Å². The molecule has 47 heavy (non-hydrogen) atoms. The summed E-state index contributed by atoms with van der Waals surface area (Å²) < 4.78 is 32.0. The van der Waals surface area contributed by atoms with Gasteiger partial charge in [-0.1, -0.05) is 44.2 Å². The number of carbonyl (C=O) groups is 2. The molecule has 2 heterocycles. The second kappa shape index (κ2) is 11.0. The lowest BCUT2D eigenvalue weighted by atomic mass is 9.45. The topological polar surface area (TPSA) is 101 Å². The zero-order valence-electron chi connectivity index (χ0n) is 29.5. The molecule has 2 saturated heterocycles. The third-order valence-electron chi connectivity index (χ3n) is 13.4. The summed E-state index contributed by atoms with van der Waals surface area (Å²) in [4.78, 5) is 25.9. The van der Waals surface area contributed by atoms with Crippen LogP contribution < -0.4 is 5.46 Å². The molecule has 2 aliphatic heterocycles. The number of fused-ring (bicyclic) bond motifs is 6. The van der Waals surface area contributed by atoms with Crippen molar-refractivity contribution in [2.75, 3.05) is 0 Å². The summed E-state index contributed by atoms with van der Waals surface area (Å²) in [6, 6.07) is 10.0. The Labute approximate surface area is 280 Å². The van der Waals surface area contributed by atoms with Gasteiger partial charge in [-0.2, -0.15) is 0 Å². The van der Waals surface area contributed by atoms with Crippen molar-refractivity contribution in [3.8, 4) is 0 Å². The molecule has 1 aromatic rings. The molecule has 0 bridgehead atoms. The van der Waals surface area contributed by atoms with Crippen LogP contribution in [0.5, 0.6) is 0 Å². The van der Waals surface area contributed by atoms with E-state index in [4.69, 9.17) is 23.5 Å². The summed E-state index contributed by atoms with van der Waals surface area (Å²) in [6.45, 7) is 15.9. The monoisotopic (exact) mass is 648 g/mol. The highest BCUT2D eigenvalue weighted by molar-refractivity contribution is 6.62. The maximum absolute atomic E-state index is 14.0. The number of hydrogen-bond donors (Lipinski definition) is 1. The summed E-state index contributed by atoms with van der Waals surface area (Å²) in [5.74, 6) is -0.902. The van der Waals surface area contributed by atoms with Gasteiger partial charge >= 0.3 is 13.1 Å². The van der Waals surface area contributed by atoms with Crippen LogP contribution in [0.25, 0.3) is 0 Å². The van der Waals surface area contributed by atoms with Gasteiger partial charge in [-0.15, -0.1) is 0 Å². The summed E-state index contributed by atoms with van der Waals surface area (Å²) in [5.41, 5.74) is -1.46. The van der Waals surface area contributed by atoms with Crippen LogP contribution in [0.3, 0.4) is 0 Å². The maximum Gasteiger partial charge on any atom is 0.494 e. The van der Waals surface area contributed by atoms with Gasteiger partial charge in [0.1, 0.15) is 5.60 Å². The van der Waals surface area contributed by atoms with Gasteiger partial charge in [-0.25, -0.2) is 0 Å². The van der Waals surface area contributed by atoms with Crippen LogP contribution in [-0.4, -0.2) is 64.9 Å². The van der Waals surface area contributed by atoms with Crippen LogP contribution in [0.2, 0.25) is 0 Å². The highest BCUT2D eigenvalue weighted by Crippen LogP contribution is 2.70. The summed E-state index contributed by atoms with van der Waals surface area (Å²) >= 11 is 0. The highest BCUT2D eigenvalue weighted by Gasteiger charge is 2.71. The van der Waals surface area contributed by atoms with Gasteiger partial charge in [0.25, 0.3) is 0 Å². The number of benzene rings is 1. The fourth-order valence-corrected chi connectivity index (χ4v) is 11.2. The van der Waals surface area contributed by atoms with Gasteiger partial charge in [0.05, 0.1) is 29.5 Å². The Morgan fingerprint density at radius 2 is 1.72 bits per heavy atom. The first-order valence-corrected chi connectivity index (χ1v) is 17.8. The Morgan fingerprint density at radius 1 is 1.02 bits per heavy atom. The lowest BCUT2D eigenvalue weighted by Crippen LogP contribution is -2.62. The first-order valence-electron chi connectivity index (χ1n) is 17.8. The Kier molecular flexibility index (Phi) is 7.82. The van der Waals surface area contributed by atoms with Crippen LogP contribution in [-0.2, 0) is 33.1 Å². The first kappa shape index (κ1) is 33.5. The fraction of sp³-hybridized carbons (Fsp3) is 0.737. The van der Waals surface area contributed by atoms with E-state index in [9.17, 15) is 14.7 Å². The van der Waals surface area contributed by atoms with Crippen molar-refractivity contribution in [1.82, 2.24) is 0 Å². The second-order valence-electron chi connectivity index (χ2n) is 17.2. The molecule has 256 valence electrons. The van der Waals surface area contributed by atoms with E-state index in [1.165, 1.54) is 6.92 Å². The lowest BCUT2D eigenvalue weighted by Gasteiger charge is -2.60. The molecule has 6 aliphatic rings. The van der Waals surface area contributed by atoms with E-state index in [1.54, 1.807) is 0 Å². The number of carbonyl (C=O) groups excluding carboxylic acids is 2. The molecule has 0 radical (unpaired) electrons. The van der Waals surface area contributed by atoms with E-state index in [-0.39, 0.29) is 53.2 Å². The van der Waals surface area contributed by atoms with E-state index >= 15 is 0 Å². The standard InChI is InChI=1S/C38H53BO8/c1-23(40)43-33(2,3)17-16-32-37(8,47-39(46-32)24-12-10-9-11-13-24)31-15-19-38(42)26-20-28(41)27-21-29-30(45-34(4,5)44-29)22-35(27,6)25(26)14-18-36(31,38)7/h9-13,20,25,27,29-32,42H,14-19,21-22H2,1-8H3/t25-,27-,29+,30-,31?,32+,35+,36+,37+,38+/m0/s1. The van der Waals surface area contributed by atoms with E-state index in [1.807, 2.05) is 64.1 Å². The maximum atomic E-state index is 14.0. The van der Waals surface area contributed by atoms with Gasteiger partial charge in [0.2, 0.25) is 0 Å². The quantitative estimate of drug-likeness (QED) is 0.311. The molecule has 5 fully saturated rings.